The van der Waals surface area contributed by atoms with Crippen LogP contribution in [0.3, 0.4) is 0 Å². The third-order valence-electron chi connectivity index (χ3n) is 2.46. The highest BCUT2D eigenvalue weighted by Gasteiger charge is 2.43. The van der Waals surface area contributed by atoms with E-state index in [-0.39, 0.29) is 11.3 Å². The van der Waals surface area contributed by atoms with Gasteiger partial charge in [-0.3, -0.25) is 0 Å². The summed E-state index contributed by atoms with van der Waals surface area (Å²) in [6.45, 7) is 6.09. The van der Waals surface area contributed by atoms with Gasteiger partial charge in [0.05, 0.1) is 7.14 Å². The maximum absolute atomic E-state index is 11.7. The van der Waals surface area contributed by atoms with Gasteiger partial charge in [-0.25, -0.2) is 0 Å². The second kappa shape index (κ2) is 2.39. The molecule has 1 aliphatic rings. The van der Waals surface area contributed by atoms with Gasteiger partial charge in [0.15, 0.2) is 0 Å². The second-order valence-corrected chi connectivity index (χ2v) is 7.62. The summed E-state index contributed by atoms with van der Waals surface area (Å²) in [4.78, 5) is 0. The Morgan fingerprint density at radius 1 is 1.64 bits per heavy atom. The van der Waals surface area contributed by atoms with E-state index in [2.05, 4.69) is 19.8 Å². The van der Waals surface area contributed by atoms with Gasteiger partial charge in [-0.2, -0.15) is 0 Å². The summed E-state index contributed by atoms with van der Waals surface area (Å²) in [5.74, 6) is 2.96. The zero-order valence-electron chi connectivity index (χ0n) is 7.42. The van der Waals surface area contributed by atoms with E-state index in [0.29, 0.717) is 0 Å². The molecule has 1 saturated heterocycles. The molecule has 2 atom stereocenters. The molecule has 2 unspecified atom stereocenters. The fourth-order valence-corrected chi connectivity index (χ4v) is 5.39. The van der Waals surface area contributed by atoms with Gasteiger partial charge in [-0.15, -0.1) is 12.3 Å². The molecule has 0 aromatic carbocycles. The standard InChI is InChI=1S/C9H15OP/c1-5-8-6-11(4,10)7-9(8,2)3/h1,8H,6-7H2,2-4H3. The normalized spacial score (nSPS) is 41.8. The molecule has 1 rings (SSSR count). The quantitative estimate of drug-likeness (QED) is 0.402. The molecule has 0 aromatic heterocycles. The van der Waals surface area contributed by atoms with E-state index < -0.39 is 7.14 Å². The van der Waals surface area contributed by atoms with Crippen molar-refractivity contribution in [2.24, 2.45) is 11.3 Å². The molecule has 0 N–H and O–H groups in total. The molecular weight excluding hydrogens is 155 g/mol. The van der Waals surface area contributed by atoms with Crippen LogP contribution in [0.2, 0.25) is 0 Å². The molecule has 0 aromatic rings. The number of rotatable bonds is 0. The van der Waals surface area contributed by atoms with Crippen LogP contribution in [0.15, 0.2) is 0 Å². The first kappa shape index (κ1) is 8.88. The fraction of sp³-hybridized carbons (Fsp3) is 0.778. The zero-order valence-corrected chi connectivity index (χ0v) is 8.32. The van der Waals surface area contributed by atoms with Crippen LogP contribution in [0.25, 0.3) is 0 Å². The number of terminal acetylenes is 1. The van der Waals surface area contributed by atoms with E-state index in [9.17, 15) is 4.57 Å². The van der Waals surface area contributed by atoms with E-state index in [1.807, 2.05) is 6.66 Å². The van der Waals surface area contributed by atoms with Crippen molar-refractivity contribution in [2.45, 2.75) is 13.8 Å². The molecule has 0 aliphatic carbocycles. The van der Waals surface area contributed by atoms with Crippen molar-refractivity contribution in [3.8, 4) is 12.3 Å². The molecule has 1 heterocycles. The molecule has 11 heavy (non-hydrogen) atoms. The largest absolute Gasteiger partial charge is 0.324 e. The molecule has 1 fully saturated rings. The third kappa shape index (κ3) is 1.68. The van der Waals surface area contributed by atoms with Crippen LogP contribution in [0.5, 0.6) is 0 Å². The van der Waals surface area contributed by atoms with Crippen molar-refractivity contribution in [2.75, 3.05) is 19.0 Å². The Morgan fingerprint density at radius 3 is 2.36 bits per heavy atom. The Balaban J connectivity index is 2.90. The molecule has 0 spiro atoms. The summed E-state index contributed by atoms with van der Waals surface area (Å²) in [7, 11) is -1.88. The average molecular weight is 170 g/mol. The molecule has 0 radical (unpaired) electrons. The van der Waals surface area contributed by atoms with Gasteiger partial charge in [0.2, 0.25) is 0 Å². The molecule has 0 saturated carbocycles. The fourth-order valence-electron chi connectivity index (χ4n) is 1.95. The van der Waals surface area contributed by atoms with Gasteiger partial charge in [0.25, 0.3) is 0 Å². The van der Waals surface area contributed by atoms with E-state index in [1.165, 1.54) is 0 Å². The third-order valence-corrected chi connectivity index (χ3v) is 5.08. The lowest BCUT2D eigenvalue weighted by Gasteiger charge is -2.20. The lowest BCUT2D eigenvalue weighted by Crippen LogP contribution is -2.19. The molecule has 0 bridgehead atoms. The maximum atomic E-state index is 11.7. The van der Waals surface area contributed by atoms with Crippen molar-refractivity contribution >= 4 is 7.14 Å². The highest BCUT2D eigenvalue weighted by molar-refractivity contribution is 7.63. The van der Waals surface area contributed by atoms with Crippen molar-refractivity contribution in [3.05, 3.63) is 0 Å². The van der Waals surface area contributed by atoms with Gasteiger partial charge < -0.3 is 4.57 Å². The van der Waals surface area contributed by atoms with Crippen LogP contribution >= 0.6 is 7.14 Å². The van der Waals surface area contributed by atoms with Crippen molar-refractivity contribution < 1.29 is 4.57 Å². The predicted molar refractivity (Wildman–Crippen MR) is 49.4 cm³/mol. The summed E-state index contributed by atoms with van der Waals surface area (Å²) >= 11 is 0. The molecule has 1 aliphatic heterocycles. The minimum absolute atomic E-state index is 0.0963. The van der Waals surface area contributed by atoms with Crippen molar-refractivity contribution in [3.63, 3.8) is 0 Å². The Hall–Kier alpha value is -0.210. The van der Waals surface area contributed by atoms with Crippen LogP contribution in [0, 0.1) is 23.7 Å². The van der Waals surface area contributed by atoms with Crippen LogP contribution in [-0.4, -0.2) is 19.0 Å². The first-order valence-electron chi connectivity index (χ1n) is 3.89. The van der Waals surface area contributed by atoms with Crippen molar-refractivity contribution in [1.82, 2.24) is 0 Å². The second-order valence-electron chi connectivity index (χ2n) is 4.35. The Labute approximate surface area is 68.9 Å². The summed E-state index contributed by atoms with van der Waals surface area (Å²) < 4.78 is 11.7. The monoisotopic (exact) mass is 170 g/mol. The van der Waals surface area contributed by atoms with Gasteiger partial charge in [-0.1, -0.05) is 13.8 Å². The van der Waals surface area contributed by atoms with Gasteiger partial charge in [0.1, 0.15) is 0 Å². The highest BCUT2D eigenvalue weighted by atomic mass is 31.2. The molecule has 1 nitrogen and oxygen atoms in total. The van der Waals surface area contributed by atoms with E-state index in [4.69, 9.17) is 6.42 Å². The summed E-state index contributed by atoms with van der Waals surface area (Å²) in [5.41, 5.74) is 0.0963. The minimum Gasteiger partial charge on any atom is -0.324 e. The molecule has 2 heteroatoms. The number of hydrogen-bond donors (Lipinski definition) is 0. The molecular formula is C9H15OP. The predicted octanol–water partition coefficient (Wildman–Crippen LogP) is 2.27. The lowest BCUT2D eigenvalue weighted by molar-refractivity contribution is 0.355. The molecule has 0 amide bonds. The smallest absolute Gasteiger partial charge is 0.0866 e. The zero-order chi connectivity index (χ0) is 8.70. The first-order valence-corrected chi connectivity index (χ1v) is 6.41. The Morgan fingerprint density at radius 2 is 2.18 bits per heavy atom. The maximum Gasteiger partial charge on any atom is 0.0866 e. The Bertz CT molecular complexity index is 247. The van der Waals surface area contributed by atoms with Crippen LogP contribution in [0.4, 0.5) is 0 Å². The average Bonchev–Trinajstić information content (AvgIpc) is 1.99. The Kier molecular flexibility index (Phi) is 1.93. The van der Waals surface area contributed by atoms with Gasteiger partial charge in [0, 0.05) is 18.2 Å². The van der Waals surface area contributed by atoms with E-state index >= 15 is 0 Å². The number of hydrogen-bond acceptors (Lipinski definition) is 1. The summed E-state index contributed by atoms with van der Waals surface area (Å²) in [5, 5.41) is 0. The summed E-state index contributed by atoms with van der Waals surface area (Å²) in [6, 6.07) is 0. The van der Waals surface area contributed by atoms with E-state index in [1.54, 1.807) is 0 Å². The first-order chi connectivity index (χ1) is 4.87. The van der Waals surface area contributed by atoms with Gasteiger partial charge in [-0.05, 0) is 12.1 Å². The minimum atomic E-state index is -1.88. The molecule has 62 valence electrons. The topological polar surface area (TPSA) is 17.1 Å². The van der Waals surface area contributed by atoms with Crippen LogP contribution < -0.4 is 0 Å². The van der Waals surface area contributed by atoms with Crippen LogP contribution in [-0.2, 0) is 4.57 Å². The van der Waals surface area contributed by atoms with Crippen LogP contribution in [0.1, 0.15) is 13.8 Å². The lowest BCUT2D eigenvalue weighted by atomic mass is 9.83. The van der Waals surface area contributed by atoms with Gasteiger partial charge >= 0.3 is 0 Å². The highest BCUT2D eigenvalue weighted by Crippen LogP contribution is 2.58. The SMILES string of the molecule is C#CC1CP(C)(=O)CC1(C)C. The summed E-state index contributed by atoms with van der Waals surface area (Å²) in [6.07, 6.45) is 6.92. The van der Waals surface area contributed by atoms with Crippen molar-refractivity contribution in [1.29, 1.82) is 0 Å². The van der Waals surface area contributed by atoms with E-state index in [0.717, 1.165) is 12.3 Å².